The smallest absolute Gasteiger partial charge is 0.269 e. The van der Waals surface area contributed by atoms with Crippen LogP contribution in [-0.2, 0) is 13.0 Å². The van der Waals surface area contributed by atoms with E-state index in [0.29, 0.717) is 24.6 Å². The molecule has 5 heteroatoms. The molecule has 0 aliphatic rings. The number of rotatable bonds is 7. The fourth-order valence-corrected chi connectivity index (χ4v) is 2.00. The molecule has 0 spiro atoms. The lowest BCUT2D eigenvalue weighted by molar-refractivity contribution is 0.0890. The van der Waals surface area contributed by atoms with E-state index in [2.05, 4.69) is 10.4 Å². The highest BCUT2D eigenvalue weighted by Crippen LogP contribution is 2.07. The van der Waals surface area contributed by atoms with Crippen LogP contribution in [0.4, 0.5) is 0 Å². The molecular weight excluding hydrogens is 242 g/mol. The van der Waals surface area contributed by atoms with Gasteiger partial charge >= 0.3 is 0 Å². The van der Waals surface area contributed by atoms with Crippen molar-refractivity contribution in [3.8, 4) is 0 Å². The van der Waals surface area contributed by atoms with Gasteiger partial charge in [-0.05, 0) is 31.7 Å². The van der Waals surface area contributed by atoms with E-state index in [0.717, 1.165) is 12.1 Å². The molecule has 1 aromatic rings. The Morgan fingerprint density at radius 2 is 2.16 bits per heavy atom. The summed E-state index contributed by atoms with van der Waals surface area (Å²) >= 11 is 0. The minimum Gasteiger partial charge on any atom is -0.391 e. The predicted molar refractivity (Wildman–Crippen MR) is 75.1 cm³/mol. The SMILES string of the molecule is CCc1cc(C(=O)NCC(O)CC(C)C)n(CC)n1. The second kappa shape index (κ2) is 7.28. The van der Waals surface area contributed by atoms with Crippen molar-refractivity contribution in [2.24, 2.45) is 5.92 Å². The molecule has 1 unspecified atom stereocenters. The molecule has 0 saturated carbocycles. The molecule has 1 atom stereocenters. The topological polar surface area (TPSA) is 67.2 Å². The van der Waals surface area contributed by atoms with Crippen LogP contribution in [0.1, 0.15) is 50.3 Å². The van der Waals surface area contributed by atoms with Gasteiger partial charge in [-0.3, -0.25) is 9.48 Å². The van der Waals surface area contributed by atoms with Gasteiger partial charge in [0.05, 0.1) is 11.8 Å². The molecule has 0 aliphatic heterocycles. The number of nitrogens with one attached hydrogen (secondary N) is 1. The molecule has 1 heterocycles. The number of carbonyl (C=O) groups excluding carboxylic acids is 1. The normalized spacial score (nSPS) is 12.7. The number of carbonyl (C=O) groups is 1. The summed E-state index contributed by atoms with van der Waals surface area (Å²) in [5, 5.41) is 16.9. The lowest BCUT2D eigenvalue weighted by atomic mass is 10.1. The standard InChI is InChI=1S/C14H25N3O2/c1-5-11-8-13(17(6-2)16-11)14(19)15-9-12(18)7-10(3)4/h8,10,12,18H,5-7,9H2,1-4H3,(H,15,19). The van der Waals surface area contributed by atoms with E-state index >= 15 is 0 Å². The summed E-state index contributed by atoms with van der Waals surface area (Å²) in [6.45, 7) is 9.01. The molecule has 0 fully saturated rings. The molecule has 1 rings (SSSR count). The maximum absolute atomic E-state index is 12.1. The summed E-state index contributed by atoms with van der Waals surface area (Å²) in [5.74, 6) is 0.247. The largest absolute Gasteiger partial charge is 0.391 e. The first-order chi connectivity index (χ1) is 8.97. The van der Waals surface area contributed by atoms with Gasteiger partial charge in [0.1, 0.15) is 5.69 Å². The first-order valence-electron chi connectivity index (χ1n) is 7.00. The molecule has 0 aromatic carbocycles. The Bertz CT molecular complexity index is 413. The Kier molecular flexibility index (Phi) is 6.02. The molecule has 19 heavy (non-hydrogen) atoms. The molecule has 0 aliphatic carbocycles. The maximum Gasteiger partial charge on any atom is 0.269 e. The minimum absolute atomic E-state index is 0.170. The minimum atomic E-state index is -0.493. The highest BCUT2D eigenvalue weighted by atomic mass is 16.3. The van der Waals surface area contributed by atoms with Crippen molar-refractivity contribution in [3.63, 3.8) is 0 Å². The summed E-state index contributed by atoms with van der Waals surface area (Å²) < 4.78 is 1.70. The van der Waals surface area contributed by atoms with E-state index in [1.54, 1.807) is 4.68 Å². The molecule has 0 radical (unpaired) electrons. The van der Waals surface area contributed by atoms with Gasteiger partial charge in [-0.1, -0.05) is 20.8 Å². The lowest BCUT2D eigenvalue weighted by Crippen LogP contribution is -2.34. The number of aliphatic hydroxyl groups excluding tert-OH is 1. The van der Waals surface area contributed by atoms with Crippen molar-refractivity contribution in [2.75, 3.05) is 6.54 Å². The van der Waals surface area contributed by atoms with Gasteiger partial charge in [0.15, 0.2) is 0 Å². The maximum atomic E-state index is 12.1. The van der Waals surface area contributed by atoms with Crippen LogP contribution in [-0.4, -0.2) is 33.4 Å². The second-order valence-corrected chi connectivity index (χ2v) is 5.18. The number of hydrogen-bond acceptors (Lipinski definition) is 3. The van der Waals surface area contributed by atoms with Crippen LogP contribution in [0.2, 0.25) is 0 Å². The molecule has 1 amide bonds. The number of aryl methyl sites for hydroxylation is 2. The average Bonchev–Trinajstić information content (AvgIpc) is 2.78. The van der Waals surface area contributed by atoms with Crippen LogP contribution in [0, 0.1) is 5.92 Å². The van der Waals surface area contributed by atoms with Gasteiger partial charge in [-0.25, -0.2) is 0 Å². The Labute approximate surface area is 115 Å². The number of hydrogen-bond donors (Lipinski definition) is 2. The molecule has 0 saturated heterocycles. The van der Waals surface area contributed by atoms with Gasteiger partial charge in [0.2, 0.25) is 0 Å². The molecule has 1 aromatic heterocycles. The van der Waals surface area contributed by atoms with Gasteiger partial charge in [-0.15, -0.1) is 0 Å². The van der Waals surface area contributed by atoms with Crippen molar-refractivity contribution in [2.45, 2.75) is 53.2 Å². The fraction of sp³-hybridized carbons (Fsp3) is 0.714. The summed E-state index contributed by atoms with van der Waals surface area (Å²) in [5.41, 5.74) is 1.48. The van der Waals surface area contributed by atoms with Gasteiger partial charge in [0.25, 0.3) is 5.91 Å². The van der Waals surface area contributed by atoms with Gasteiger partial charge < -0.3 is 10.4 Å². The van der Waals surface area contributed by atoms with E-state index in [1.807, 2.05) is 33.8 Å². The molecule has 0 bridgehead atoms. The number of aromatic nitrogens is 2. The molecule has 5 nitrogen and oxygen atoms in total. The lowest BCUT2D eigenvalue weighted by Gasteiger charge is -2.14. The van der Waals surface area contributed by atoms with E-state index in [9.17, 15) is 9.90 Å². The fourth-order valence-electron chi connectivity index (χ4n) is 2.00. The third-order valence-corrected chi connectivity index (χ3v) is 2.97. The van der Waals surface area contributed by atoms with Crippen LogP contribution in [0.5, 0.6) is 0 Å². The van der Waals surface area contributed by atoms with Crippen molar-refractivity contribution in [1.29, 1.82) is 0 Å². The first kappa shape index (κ1) is 15.7. The summed E-state index contributed by atoms with van der Waals surface area (Å²) in [7, 11) is 0. The quantitative estimate of drug-likeness (QED) is 0.788. The van der Waals surface area contributed by atoms with E-state index in [1.165, 1.54) is 0 Å². The van der Waals surface area contributed by atoms with Gasteiger partial charge in [0, 0.05) is 13.1 Å². The predicted octanol–water partition coefficient (Wildman–Crippen LogP) is 1.60. The third-order valence-electron chi connectivity index (χ3n) is 2.97. The molecule has 108 valence electrons. The van der Waals surface area contributed by atoms with Crippen LogP contribution in [0.25, 0.3) is 0 Å². The monoisotopic (exact) mass is 267 g/mol. The van der Waals surface area contributed by atoms with Crippen molar-refractivity contribution in [3.05, 3.63) is 17.5 Å². The Hall–Kier alpha value is -1.36. The van der Waals surface area contributed by atoms with Gasteiger partial charge in [-0.2, -0.15) is 5.10 Å². The zero-order valence-corrected chi connectivity index (χ0v) is 12.3. The second-order valence-electron chi connectivity index (χ2n) is 5.18. The van der Waals surface area contributed by atoms with Crippen LogP contribution in [0.15, 0.2) is 6.07 Å². The molecule has 2 N–H and O–H groups in total. The highest BCUT2D eigenvalue weighted by Gasteiger charge is 2.15. The third kappa shape index (κ3) is 4.67. The number of aliphatic hydroxyl groups is 1. The van der Waals surface area contributed by atoms with Crippen molar-refractivity contribution < 1.29 is 9.90 Å². The van der Waals surface area contributed by atoms with Crippen LogP contribution in [0.3, 0.4) is 0 Å². The van der Waals surface area contributed by atoms with Crippen LogP contribution < -0.4 is 5.32 Å². The number of amides is 1. The summed E-state index contributed by atoms with van der Waals surface area (Å²) in [4.78, 5) is 12.1. The first-order valence-corrected chi connectivity index (χ1v) is 7.00. The Morgan fingerprint density at radius 3 is 2.68 bits per heavy atom. The van der Waals surface area contributed by atoms with Crippen molar-refractivity contribution in [1.82, 2.24) is 15.1 Å². The zero-order valence-electron chi connectivity index (χ0n) is 12.3. The highest BCUT2D eigenvalue weighted by molar-refractivity contribution is 5.92. The Morgan fingerprint density at radius 1 is 1.47 bits per heavy atom. The van der Waals surface area contributed by atoms with Crippen LogP contribution >= 0.6 is 0 Å². The number of nitrogens with zero attached hydrogens (tertiary/aromatic N) is 2. The summed E-state index contributed by atoms with van der Waals surface area (Å²) in [6, 6.07) is 1.81. The Balaban J connectivity index is 2.60. The van der Waals surface area contributed by atoms with E-state index < -0.39 is 6.10 Å². The zero-order chi connectivity index (χ0) is 14.4. The summed E-state index contributed by atoms with van der Waals surface area (Å²) in [6.07, 6.45) is 1.00. The van der Waals surface area contributed by atoms with E-state index in [-0.39, 0.29) is 12.5 Å². The average molecular weight is 267 g/mol. The molecular formula is C14H25N3O2. The van der Waals surface area contributed by atoms with Crippen molar-refractivity contribution >= 4 is 5.91 Å². The van der Waals surface area contributed by atoms with E-state index in [4.69, 9.17) is 0 Å².